The second-order valence-electron chi connectivity index (χ2n) is 4.37. The van der Waals surface area contributed by atoms with Gasteiger partial charge in [-0.15, -0.1) is 0 Å². The molecule has 21 heavy (non-hydrogen) atoms. The van der Waals surface area contributed by atoms with Crippen molar-refractivity contribution in [2.45, 2.75) is 9.92 Å². The summed E-state index contributed by atoms with van der Waals surface area (Å²) in [5.74, 6) is -1.04. The lowest BCUT2D eigenvalue weighted by Crippen LogP contribution is -2.01. The van der Waals surface area contributed by atoms with Gasteiger partial charge in [0.05, 0.1) is 5.02 Å². The summed E-state index contributed by atoms with van der Waals surface area (Å²) < 4.78 is 0. The molecule has 0 saturated carbocycles. The van der Waals surface area contributed by atoms with Gasteiger partial charge in [-0.05, 0) is 23.6 Å². The summed E-state index contributed by atoms with van der Waals surface area (Å²) in [6, 6.07) is 16.6. The molecule has 0 aliphatic carbocycles. The Hall–Kier alpha value is -2.04. The van der Waals surface area contributed by atoms with Crippen LogP contribution in [0.1, 0.15) is 10.5 Å². The van der Waals surface area contributed by atoms with Crippen molar-refractivity contribution in [2.75, 3.05) is 0 Å². The average molecular weight is 316 g/mol. The van der Waals surface area contributed by atoms with Crippen LogP contribution in [0, 0.1) is 0 Å². The number of hydrogen-bond donors (Lipinski definition) is 1. The summed E-state index contributed by atoms with van der Waals surface area (Å²) in [4.78, 5) is 16.3. The highest BCUT2D eigenvalue weighted by atomic mass is 35.5. The van der Waals surface area contributed by atoms with Crippen LogP contribution >= 0.6 is 23.4 Å². The maximum atomic E-state index is 11.2. The predicted octanol–water partition coefficient (Wildman–Crippen LogP) is 4.74. The molecule has 0 spiro atoms. The molecule has 5 heteroatoms. The number of aromatic carboxylic acids is 1. The maximum Gasteiger partial charge on any atom is 0.354 e. The molecule has 0 saturated heterocycles. The van der Waals surface area contributed by atoms with Crippen molar-refractivity contribution in [1.82, 2.24) is 4.98 Å². The van der Waals surface area contributed by atoms with E-state index in [1.165, 1.54) is 11.8 Å². The first-order valence-corrected chi connectivity index (χ1v) is 7.40. The van der Waals surface area contributed by atoms with Gasteiger partial charge in [-0.25, -0.2) is 9.78 Å². The van der Waals surface area contributed by atoms with Gasteiger partial charge >= 0.3 is 5.97 Å². The van der Waals surface area contributed by atoms with Crippen molar-refractivity contribution in [2.24, 2.45) is 0 Å². The lowest BCUT2D eigenvalue weighted by atomic mass is 10.1. The fourth-order valence-corrected chi connectivity index (χ4v) is 3.20. The van der Waals surface area contributed by atoms with E-state index < -0.39 is 5.97 Å². The van der Waals surface area contributed by atoms with Gasteiger partial charge < -0.3 is 5.11 Å². The Labute approximate surface area is 130 Å². The van der Waals surface area contributed by atoms with Crippen molar-refractivity contribution < 1.29 is 9.90 Å². The number of carbonyl (C=O) groups is 1. The largest absolute Gasteiger partial charge is 0.477 e. The second kappa shape index (κ2) is 5.76. The number of hydrogen-bond acceptors (Lipinski definition) is 3. The first kappa shape index (κ1) is 13.9. The highest BCUT2D eigenvalue weighted by Crippen LogP contribution is 2.36. The van der Waals surface area contributed by atoms with E-state index in [9.17, 15) is 9.90 Å². The summed E-state index contributed by atoms with van der Waals surface area (Å²) >= 11 is 7.53. The van der Waals surface area contributed by atoms with Gasteiger partial charge in [-0.3, -0.25) is 0 Å². The highest BCUT2D eigenvalue weighted by Gasteiger charge is 2.12. The van der Waals surface area contributed by atoms with E-state index >= 15 is 0 Å². The zero-order valence-corrected chi connectivity index (χ0v) is 12.4. The molecular weight excluding hydrogens is 306 g/mol. The minimum absolute atomic E-state index is 0.0308. The van der Waals surface area contributed by atoms with Crippen molar-refractivity contribution in [3.05, 3.63) is 65.3 Å². The lowest BCUT2D eigenvalue weighted by molar-refractivity contribution is 0.0690. The van der Waals surface area contributed by atoms with Gasteiger partial charge in [0.25, 0.3) is 0 Å². The third-order valence-electron chi connectivity index (χ3n) is 2.97. The van der Waals surface area contributed by atoms with Gasteiger partial charge in [0.15, 0.2) is 0 Å². The third kappa shape index (κ3) is 2.86. The molecule has 0 fully saturated rings. The molecule has 0 bridgehead atoms. The molecule has 2 aromatic carbocycles. The highest BCUT2D eigenvalue weighted by molar-refractivity contribution is 7.99. The number of nitrogens with zero attached hydrogens (tertiary/aromatic N) is 1. The fourth-order valence-electron chi connectivity index (χ4n) is 1.99. The quantitative estimate of drug-likeness (QED) is 0.758. The molecule has 0 atom stereocenters. The molecule has 104 valence electrons. The monoisotopic (exact) mass is 315 g/mol. The number of benzene rings is 2. The van der Waals surface area contributed by atoms with E-state index in [4.69, 9.17) is 11.6 Å². The van der Waals surface area contributed by atoms with E-state index in [0.29, 0.717) is 10.0 Å². The summed E-state index contributed by atoms with van der Waals surface area (Å²) in [5.41, 5.74) is 0.0308. The standard InChI is InChI=1S/C16H10ClNO2S/c17-12-7-3-4-8-14(12)21-15-11-6-2-1-5-10(11)9-13(18-15)16(19)20/h1-9H,(H,19,20). The fraction of sp³-hybridized carbons (Fsp3) is 0. The Morgan fingerprint density at radius 1 is 1.10 bits per heavy atom. The molecular formula is C16H10ClNO2S. The van der Waals surface area contributed by atoms with E-state index in [1.54, 1.807) is 12.1 Å². The SMILES string of the molecule is O=C(O)c1cc2ccccc2c(Sc2ccccc2Cl)n1. The summed E-state index contributed by atoms with van der Waals surface area (Å²) in [6.45, 7) is 0. The Morgan fingerprint density at radius 3 is 2.57 bits per heavy atom. The van der Waals surface area contributed by atoms with Gasteiger partial charge in [0.1, 0.15) is 10.7 Å². The number of aromatic nitrogens is 1. The van der Waals surface area contributed by atoms with Crippen LogP contribution in [-0.4, -0.2) is 16.1 Å². The van der Waals surface area contributed by atoms with Crippen molar-refractivity contribution in [1.29, 1.82) is 0 Å². The number of carboxylic acid groups (broad SMARTS) is 1. The van der Waals surface area contributed by atoms with Crippen LogP contribution in [0.3, 0.4) is 0 Å². The second-order valence-corrected chi connectivity index (χ2v) is 5.81. The lowest BCUT2D eigenvalue weighted by Gasteiger charge is -2.08. The van der Waals surface area contributed by atoms with Crippen molar-refractivity contribution in [3.63, 3.8) is 0 Å². The summed E-state index contributed by atoms with van der Waals surface area (Å²) in [5, 5.41) is 12.2. The Kier molecular flexibility index (Phi) is 3.82. The summed E-state index contributed by atoms with van der Waals surface area (Å²) in [6.07, 6.45) is 0. The molecule has 1 N–H and O–H groups in total. The van der Waals surface area contributed by atoms with E-state index in [2.05, 4.69) is 4.98 Å². The average Bonchev–Trinajstić information content (AvgIpc) is 2.49. The first-order chi connectivity index (χ1) is 10.1. The van der Waals surface area contributed by atoms with Crippen LogP contribution in [0.5, 0.6) is 0 Å². The topological polar surface area (TPSA) is 50.2 Å². The Morgan fingerprint density at radius 2 is 1.81 bits per heavy atom. The molecule has 1 heterocycles. The predicted molar refractivity (Wildman–Crippen MR) is 84.3 cm³/mol. The third-order valence-corrected chi connectivity index (χ3v) is 4.49. The van der Waals surface area contributed by atoms with Gasteiger partial charge in [0.2, 0.25) is 0 Å². The smallest absolute Gasteiger partial charge is 0.354 e. The molecule has 0 aliphatic heterocycles. The molecule has 0 radical (unpaired) electrons. The number of carboxylic acids is 1. The van der Waals surface area contributed by atoms with Crippen molar-refractivity contribution >= 4 is 40.1 Å². The number of pyridine rings is 1. The van der Waals surface area contributed by atoms with Crippen LogP contribution in [-0.2, 0) is 0 Å². The number of rotatable bonds is 3. The van der Waals surface area contributed by atoms with Crippen LogP contribution in [0.2, 0.25) is 5.02 Å². The zero-order chi connectivity index (χ0) is 14.8. The van der Waals surface area contributed by atoms with E-state index in [-0.39, 0.29) is 5.69 Å². The Bertz CT molecular complexity index is 835. The molecule has 0 aliphatic rings. The normalized spacial score (nSPS) is 10.7. The minimum atomic E-state index is -1.04. The summed E-state index contributed by atoms with van der Waals surface area (Å²) in [7, 11) is 0. The Balaban J connectivity index is 2.16. The molecule has 3 nitrogen and oxygen atoms in total. The van der Waals surface area contributed by atoms with Crippen LogP contribution in [0.15, 0.2) is 64.5 Å². The van der Waals surface area contributed by atoms with Crippen LogP contribution < -0.4 is 0 Å². The van der Waals surface area contributed by atoms with Crippen LogP contribution in [0.4, 0.5) is 0 Å². The molecule has 0 unspecified atom stereocenters. The van der Waals surface area contributed by atoms with Gasteiger partial charge in [-0.2, -0.15) is 0 Å². The zero-order valence-electron chi connectivity index (χ0n) is 10.8. The molecule has 3 rings (SSSR count). The molecule has 1 aromatic heterocycles. The van der Waals surface area contributed by atoms with Gasteiger partial charge in [-0.1, -0.05) is 59.8 Å². The van der Waals surface area contributed by atoms with Crippen molar-refractivity contribution in [3.8, 4) is 0 Å². The van der Waals surface area contributed by atoms with Crippen LogP contribution in [0.25, 0.3) is 10.8 Å². The molecule has 0 amide bonds. The number of halogens is 1. The van der Waals surface area contributed by atoms with Gasteiger partial charge in [0, 0.05) is 10.3 Å². The number of fused-ring (bicyclic) bond motifs is 1. The van der Waals surface area contributed by atoms with E-state index in [0.717, 1.165) is 15.7 Å². The molecule has 3 aromatic rings. The van der Waals surface area contributed by atoms with E-state index in [1.807, 2.05) is 42.5 Å². The maximum absolute atomic E-state index is 11.2. The minimum Gasteiger partial charge on any atom is -0.477 e. The first-order valence-electron chi connectivity index (χ1n) is 6.20.